The van der Waals surface area contributed by atoms with Crippen molar-refractivity contribution in [2.75, 3.05) is 24.3 Å². The molecule has 20 heavy (non-hydrogen) atoms. The van der Waals surface area contributed by atoms with Gasteiger partial charge in [-0.15, -0.1) is 0 Å². The molecule has 1 unspecified atom stereocenters. The summed E-state index contributed by atoms with van der Waals surface area (Å²) in [7, 11) is 3.98. The highest BCUT2D eigenvalue weighted by molar-refractivity contribution is 9.10. The Balaban J connectivity index is 2.11. The van der Waals surface area contributed by atoms with E-state index in [-0.39, 0.29) is 0 Å². The third kappa shape index (κ3) is 3.73. The van der Waals surface area contributed by atoms with Gasteiger partial charge < -0.3 is 10.2 Å². The number of halogens is 1. The lowest BCUT2D eigenvalue weighted by Crippen LogP contribution is -2.12. The number of anilines is 2. The van der Waals surface area contributed by atoms with Crippen molar-refractivity contribution in [3.05, 3.63) is 52.6 Å². The van der Waals surface area contributed by atoms with Crippen LogP contribution in [0.2, 0.25) is 0 Å². The first-order valence-electron chi connectivity index (χ1n) is 6.75. The average molecular weight is 334 g/mol. The summed E-state index contributed by atoms with van der Waals surface area (Å²) in [4.78, 5) is 6.43. The van der Waals surface area contributed by atoms with E-state index in [2.05, 4.69) is 63.5 Å². The Hall–Kier alpha value is -1.55. The number of aromatic nitrogens is 1. The summed E-state index contributed by atoms with van der Waals surface area (Å²) in [5, 5.41) is 3.53. The van der Waals surface area contributed by atoms with Crippen molar-refractivity contribution in [1.82, 2.24) is 4.98 Å². The monoisotopic (exact) mass is 333 g/mol. The molecular weight excluding hydrogens is 314 g/mol. The molecule has 1 aromatic carbocycles. The van der Waals surface area contributed by atoms with E-state index in [4.69, 9.17) is 0 Å². The Morgan fingerprint density at radius 1 is 1.15 bits per heavy atom. The molecule has 0 radical (unpaired) electrons. The molecular formula is C16H20BrN3. The fraction of sp³-hybridized carbons (Fsp3) is 0.312. The number of hydrogen-bond donors (Lipinski definition) is 1. The molecule has 0 amide bonds. The number of rotatable bonds is 5. The normalized spacial score (nSPS) is 12.0. The maximum atomic E-state index is 4.43. The Morgan fingerprint density at radius 2 is 1.85 bits per heavy atom. The highest BCUT2D eigenvalue weighted by Gasteiger charge is 2.09. The molecule has 106 valence electrons. The summed E-state index contributed by atoms with van der Waals surface area (Å²) in [6.45, 7) is 2.18. The van der Waals surface area contributed by atoms with E-state index in [1.165, 1.54) is 5.56 Å². The summed E-state index contributed by atoms with van der Waals surface area (Å²) >= 11 is 3.47. The van der Waals surface area contributed by atoms with Crippen LogP contribution in [-0.4, -0.2) is 19.1 Å². The third-order valence-corrected chi connectivity index (χ3v) is 3.76. The van der Waals surface area contributed by atoms with E-state index >= 15 is 0 Å². The Morgan fingerprint density at radius 3 is 2.35 bits per heavy atom. The lowest BCUT2D eigenvalue weighted by molar-refractivity contribution is 0.748. The zero-order chi connectivity index (χ0) is 14.5. The lowest BCUT2D eigenvalue weighted by Gasteiger charge is -2.19. The number of benzene rings is 1. The van der Waals surface area contributed by atoms with Crippen molar-refractivity contribution in [3.8, 4) is 0 Å². The molecule has 0 aliphatic heterocycles. The Labute approximate surface area is 129 Å². The molecule has 4 heteroatoms. The third-order valence-electron chi connectivity index (χ3n) is 3.23. The topological polar surface area (TPSA) is 28.2 Å². The predicted molar refractivity (Wildman–Crippen MR) is 89.4 cm³/mol. The van der Waals surface area contributed by atoms with Gasteiger partial charge in [0.1, 0.15) is 5.82 Å². The SMILES string of the molecule is CCC(Nc1ccc(N(C)C)nc1)c1ccc(Br)cc1. The van der Waals surface area contributed by atoms with Gasteiger partial charge in [0.15, 0.2) is 0 Å². The van der Waals surface area contributed by atoms with Crippen LogP contribution in [0.3, 0.4) is 0 Å². The van der Waals surface area contributed by atoms with Crippen molar-refractivity contribution in [1.29, 1.82) is 0 Å². The summed E-state index contributed by atoms with van der Waals surface area (Å²) in [6, 6.07) is 12.8. The van der Waals surface area contributed by atoms with Gasteiger partial charge in [-0.2, -0.15) is 0 Å². The van der Waals surface area contributed by atoms with Crippen LogP contribution in [0.15, 0.2) is 47.1 Å². The zero-order valence-electron chi connectivity index (χ0n) is 12.1. The van der Waals surface area contributed by atoms with E-state index in [0.29, 0.717) is 6.04 Å². The summed E-state index contributed by atoms with van der Waals surface area (Å²) < 4.78 is 1.10. The van der Waals surface area contributed by atoms with E-state index < -0.39 is 0 Å². The van der Waals surface area contributed by atoms with Gasteiger partial charge >= 0.3 is 0 Å². The Bertz CT molecular complexity index is 535. The second-order valence-electron chi connectivity index (χ2n) is 4.96. The van der Waals surface area contributed by atoms with Gasteiger partial charge in [0.25, 0.3) is 0 Å². The lowest BCUT2D eigenvalue weighted by atomic mass is 10.0. The maximum absolute atomic E-state index is 4.43. The minimum atomic E-state index is 0.301. The molecule has 1 N–H and O–H groups in total. The fourth-order valence-corrected chi connectivity index (χ4v) is 2.32. The van der Waals surface area contributed by atoms with Crippen molar-refractivity contribution in [2.45, 2.75) is 19.4 Å². The molecule has 0 saturated carbocycles. The van der Waals surface area contributed by atoms with Gasteiger partial charge in [0, 0.05) is 18.6 Å². The van der Waals surface area contributed by atoms with Gasteiger partial charge in [-0.05, 0) is 36.2 Å². The molecule has 0 aliphatic rings. The van der Waals surface area contributed by atoms with Crippen LogP contribution >= 0.6 is 15.9 Å². The largest absolute Gasteiger partial charge is 0.377 e. The summed E-state index contributed by atoms with van der Waals surface area (Å²) in [6.07, 6.45) is 2.91. The predicted octanol–water partition coefficient (Wildman–Crippen LogP) is 4.47. The van der Waals surface area contributed by atoms with Crippen molar-refractivity contribution in [2.24, 2.45) is 0 Å². The highest BCUT2D eigenvalue weighted by Crippen LogP contribution is 2.24. The van der Waals surface area contributed by atoms with E-state index in [9.17, 15) is 0 Å². The molecule has 0 bridgehead atoms. The van der Waals surface area contributed by atoms with Gasteiger partial charge in [-0.25, -0.2) is 4.98 Å². The molecule has 0 fully saturated rings. The van der Waals surface area contributed by atoms with Crippen molar-refractivity contribution >= 4 is 27.4 Å². The molecule has 1 heterocycles. The van der Waals surface area contributed by atoms with Crippen LogP contribution in [0.25, 0.3) is 0 Å². The maximum Gasteiger partial charge on any atom is 0.128 e. The van der Waals surface area contributed by atoms with Gasteiger partial charge in [0.05, 0.1) is 17.9 Å². The Kier molecular flexibility index (Phi) is 5.01. The van der Waals surface area contributed by atoms with Crippen LogP contribution in [0.4, 0.5) is 11.5 Å². The number of nitrogens with one attached hydrogen (secondary N) is 1. The first-order chi connectivity index (χ1) is 9.60. The van der Waals surface area contributed by atoms with Gasteiger partial charge in [0.2, 0.25) is 0 Å². The van der Waals surface area contributed by atoms with Gasteiger partial charge in [-0.3, -0.25) is 0 Å². The fourth-order valence-electron chi connectivity index (χ4n) is 2.05. The molecule has 2 rings (SSSR count). The van der Waals surface area contributed by atoms with E-state index in [1.54, 1.807) is 0 Å². The quantitative estimate of drug-likeness (QED) is 0.874. The minimum absolute atomic E-state index is 0.301. The van der Waals surface area contributed by atoms with Crippen LogP contribution in [0.5, 0.6) is 0 Å². The van der Waals surface area contributed by atoms with Crippen LogP contribution < -0.4 is 10.2 Å². The second kappa shape index (κ2) is 6.75. The first-order valence-corrected chi connectivity index (χ1v) is 7.55. The number of pyridine rings is 1. The van der Waals surface area contributed by atoms with Crippen LogP contribution in [0.1, 0.15) is 24.9 Å². The second-order valence-corrected chi connectivity index (χ2v) is 5.87. The minimum Gasteiger partial charge on any atom is -0.377 e. The molecule has 1 aromatic heterocycles. The smallest absolute Gasteiger partial charge is 0.128 e. The molecule has 0 spiro atoms. The first kappa shape index (κ1) is 14.9. The zero-order valence-corrected chi connectivity index (χ0v) is 13.7. The summed E-state index contributed by atoms with van der Waals surface area (Å²) in [5.41, 5.74) is 2.33. The van der Waals surface area contributed by atoms with Gasteiger partial charge in [-0.1, -0.05) is 35.0 Å². The number of nitrogens with zero attached hydrogens (tertiary/aromatic N) is 2. The molecule has 2 aromatic rings. The van der Waals surface area contributed by atoms with E-state index in [1.807, 2.05) is 31.3 Å². The highest BCUT2D eigenvalue weighted by atomic mass is 79.9. The number of hydrogen-bond acceptors (Lipinski definition) is 3. The standard InChI is InChI=1S/C16H20BrN3/c1-4-15(12-5-7-13(17)8-6-12)19-14-9-10-16(18-11-14)20(2)3/h5-11,15,19H,4H2,1-3H3. The summed E-state index contributed by atoms with van der Waals surface area (Å²) in [5.74, 6) is 0.965. The van der Waals surface area contributed by atoms with Crippen molar-refractivity contribution in [3.63, 3.8) is 0 Å². The van der Waals surface area contributed by atoms with Crippen LogP contribution in [-0.2, 0) is 0 Å². The van der Waals surface area contributed by atoms with Crippen LogP contribution in [0, 0.1) is 0 Å². The molecule has 1 atom stereocenters. The average Bonchev–Trinajstić information content (AvgIpc) is 2.46. The molecule has 0 aliphatic carbocycles. The van der Waals surface area contributed by atoms with Crippen molar-refractivity contribution < 1.29 is 0 Å². The molecule has 3 nitrogen and oxygen atoms in total. The van der Waals surface area contributed by atoms with E-state index in [0.717, 1.165) is 22.4 Å². The molecule has 0 saturated heterocycles.